The number of carbonyl (C=O) groups excluding carboxylic acids is 1. The van der Waals surface area contributed by atoms with Crippen molar-refractivity contribution in [1.82, 2.24) is 4.90 Å². The molecule has 3 nitrogen and oxygen atoms in total. The number of rotatable bonds is 4. The van der Waals surface area contributed by atoms with Gasteiger partial charge in [-0.15, -0.1) is 0 Å². The van der Waals surface area contributed by atoms with E-state index in [1.165, 1.54) is 12.8 Å². The Labute approximate surface area is 98.1 Å². The number of Topliss-reactive ketones (excluding diaryl/α,β-unsaturated/α-hetero) is 1. The summed E-state index contributed by atoms with van der Waals surface area (Å²) in [5.41, 5.74) is 0. The van der Waals surface area contributed by atoms with Gasteiger partial charge in [-0.2, -0.15) is 0 Å². The third-order valence-corrected chi connectivity index (χ3v) is 4.12. The molecule has 1 saturated heterocycles. The lowest BCUT2D eigenvalue weighted by Crippen LogP contribution is -2.41. The molecule has 0 spiro atoms. The van der Waals surface area contributed by atoms with E-state index in [1.807, 2.05) is 0 Å². The Morgan fingerprint density at radius 3 is 2.56 bits per heavy atom. The highest BCUT2D eigenvalue weighted by molar-refractivity contribution is 5.83. The summed E-state index contributed by atoms with van der Waals surface area (Å²) >= 11 is 0. The molecule has 1 aliphatic heterocycles. The van der Waals surface area contributed by atoms with Crippen LogP contribution in [0.15, 0.2) is 0 Å². The quantitative estimate of drug-likeness (QED) is 0.731. The molecule has 2 atom stereocenters. The number of ether oxygens (including phenoxy) is 1. The summed E-state index contributed by atoms with van der Waals surface area (Å²) < 4.78 is 5.54. The molecule has 2 unspecified atom stereocenters. The van der Waals surface area contributed by atoms with Crippen LogP contribution in [0.5, 0.6) is 0 Å². The first-order valence-corrected chi connectivity index (χ1v) is 6.53. The number of hydrogen-bond acceptors (Lipinski definition) is 3. The van der Waals surface area contributed by atoms with Crippen molar-refractivity contribution in [2.24, 2.45) is 5.92 Å². The van der Waals surface area contributed by atoms with Gasteiger partial charge in [-0.05, 0) is 33.2 Å². The van der Waals surface area contributed by atoms with Crippen molar-refractivity contribution in [3.63, 3.8) is 0 Å². The Bertz CT molecular complexity index is 248. The fraction of sp³-hybridized carbons (Fsp3) is 0.923. The molecule has 0 aromatic heterocycles. The molecule has 2 fully saturated rings. The van der Waals surface area contributed by atoms with E-state index in [4.69, 9.17) is 4.74 Å². The Morgan fingerprint density at radius 1 is 1.31 bits per heavy atom. The average Bonchev–Trinajstić information content (AvgIpc) is 2.86. The van der Waals surface area contributed by atoms with Crippen molar-refractivity contribution in [3.05, 3.63) is 0 Å². The summed E-state index contributed by atoms with van der Waals surface area (Å²) in [7, 11) is 2.06. The molecule has 0 aromatic rings. The fourth-order valence-electron chi connectivity index (χ4n) is 3.04. The number of carbonyl (C=O) groups is 1. The standard InChI is InChI=1S/C13H23NO2/c1-10-12(7-8-16-10)14(2)9-13(15)11-5-3-4-6-11/h10-12H,3-9H2,1-2H3. The molecular weight excluding hydrogens is 202 g/mol. The molecule has 16 heavy (non-hydrogen) atoms. The molecule has 3 heteroatoms. The van der Waals surface area contributed by atoms with E-state index in [0.717, 1.165) is 25.9 Å². The number of ketones is 1. The Kier molecular flexibility index (Phi) is 3.98. The van der Waals surface area contributed by atoms with E-state index in [9.17, 15) is 4.79 Å². The van der Waals surface area contributed by atoms with E-state index in [1.54, 1.807) is 0 Å². The summed E-state index contributed by atoms with van der Waals surface area (Å²) in [6.07, 6.45) is 6.05. The van der Waals surface area contributed by atoms with E-state index in [0.29, 0.717) is 24.3 Å². The molecule has 0 aromatic carbocycles. The number of nitrogens with zero attached hydrogens (tertiary/aromatic N) is 1. The lowest BCUT2D eigenvalue weighted by Gasteiger charge is -2.26. The highest BCUT2D eigenvalue weighted by Gasteiger charge is 2.30. The van der Waals surface area contributed by atoms with Crippen LogP contribution < -0.4 is 0 Å². The Hall–Kier alpha value is -0.410. The van der Waals surface area contributed by atoms with Crippen LogP contribution in [0.4, 0.5) is 0 Å². The highest BCUT2D eigenvalue weighted by atomic mass is 16.5. The molecule has 2 aliphatic rings. The summed E-state index contributed by atoms with van der Waals surface area (Å²) in [5.74, 6) is 0.791. The van der Waals surface area contributed by atoms with Crippen LogP contribution >= 0.6 is 0 Å². The minimum Gasteiger partial charge on any atom is -0.377 e. The highest BCUT2D eigenvalue weighted by Crippen LogP contribution is 2.26. The van der Waals surface area contributed by atoms with Crippen molar-refractivity contribution >= 4 is 5.78 Å². The first-order valence-electron chi connectivity index (χ1n) is 6.53. The summed E-state index contributed by atoms with van der Waals surface area (Å²) in [5, 5.41) is 0. The normalized spacial score (nSPS) is 31.4. The smallest absolute Gasteiger partial charge is 0.149 e. The third kappa shape index (κ3) is 2.64. The predicted molar refractivity (Wildman–Crippen MR) is 63.4 cm³/mol. The van der Waals surface area contributed by atoms with Crippen LogP contribution in [0.25, 0.3) is 0 Å². The second kappa shape index (κ2) is 5.28. The lowest BCUT2D eigenvalue weighted by molar-refractivity contribution is -0.124. The molecule has 92 valence electrons. The molecular formula is C13H23NO2. The average molecular weight is 225 g/mol. The van der Waals surface area contributed by atoms with Gasteiger partial charge in [0.1, 0.15) is 5.78 Å². The number of likely N-dealkylation sites (N-methyl/N-ethyl adjacent to an activating group) is 1. The van der Waals surface area contributed by atoms with Gasteiger partial charge in [0.25, 0.3) is 0 Å². The molecule has 0 amide bonds. The molecule has 1 aliphatic carbocycles. The molecule has 2 rings (SSSR count). The summed E-state index contributed by atoms with van der Waals surface area (Å²) in [6.45, 7) is 3.56. The zero-order valence-corrected chi connectivity index (χ0v) is 10.4. The van der Waals surface area contributed by atoms with Crippen LogP contribution in [-0.4, -0.2) is 43.0 Å². The van der Waals surface area contributed by atoms with Gasteiger partial charge in [0.05, 0.1) is 12.6 Å². The van der Waals surface area contributed by atoms with Crippen LogP contribution in [0.2, 0.25) is 0 Å². The van der Waals surface area contributed by atoms with Gasteiger partial charge in [-0.3, -0.25) is 9.69 Å². The van der Waals surface area contributed by atoms with Crippen molar-refractivity contribution in [2.75, 3.05) is 20.2 Å². The monoisotopic (exact) mass is 225 g/mol. The predicted octanol–water partition coefficient (Wildman–Crippen LogP) is 1.85. The third-order valence-electron chi connectivity index (χ3n) is 4.12. The van der Waals surface area contributed by atoms with Crippen LogP contribution in [-0.2, 0) is 9.53 Å². The van der Waals surface area contributed by atoms with E-state index in [2.05, 4.69) is 18.9 Å². The second-order valence-corrected chi connectivity index (χ2v) is 5.29. The fourth-order valence-corrected chi connectivity index (χ4v) is 3.04. The van der Waals surface area contributed by atoms with Gasteiger partial charge in [-0.1, -0.05) is 12.8 Å². The first-order chi connectivity index (χ1) is 7.68. The number of hydrogen-bond donors (Lipinski definition) is 0. The molecule has 1 saturated carbocycles. The minimum absolute atomic E-state index is 0.279. The molecule has 0 N–H and O–H groups in total. The van der Waals surface area contributed by atoms with E-state index in [-0.39, 0.29) is 6.10 Å². The Morgan fingerprint density at radius 2 is 2.00 bits per heavy atom. The molecule has 1 heterocycles. The summed E-state index contributed by atoms with van der Waals surface area (Å²) in [6, 6.07) is 0.436. The van der Waals surface area contributed by atoms with Crippen molar-refractivity contribution in [2.45, 2.75) is 51.2 Å². The van der Waals surface area contributed by atoms with Gasteiger partial charge in [0.2, 0.25) is 0 Å². The SMILES string of the molecule is CC1OCCC1N(C)CC(=O)C1CCCC1. The van der Waals surface area contributed by atoms with E-state index >= 15 is 0 Å². The first kappa shape index (κ1) is 12.1. The zero-order valence-electron chi connectivity index (χ0n) is 10.4. The van der Waals surface area contributed by atoms with Gasteiger partial charge in [-0.25, -0.2) is 0 Å². The van der Waals surface area contributed by atoms with Crippen molar-refractivity contribution in [1.29, 1.82) is 0 Å². The van der Waals surface area contributed by atoms with Crippen LogP contribution in [0.3, 0.4) is 0 Å². The second-order valence-electron chi connectivity index (χ2n) is 5.29. The van der Waals surface area contributed by atoms with Gasteiger partial charge >= 0.3 is 0 Å². The van der Waals surface area contributed by atoms with Crippen molar-refractivity contribution < 1.29 is 9.53 Å². The van der Waals surface area contributed by atoms with Gasteiger partial charge in [0.15, 0.2) is 0 Å². The van der Waals surface area contributed by atoms with Gasteiger partial charge < -0.3 is 4.74 Å². The van der Waals surface area contributed by atoms with Crippen molar-refractivity contribution in [3.8, 4) is 0 Å². The topological polar surface area (TPSA) is 29.5 Å². The summed E-state index contributed by atoms with van der Waals surface area (Å²) in [4.78, 5) is 14.2. The maximum absolute atomic E-state index is 12.0. The largest absolute Gasteiger partial charge is 0.377 e. The maximum Gasteiger partial charge on any atom is 0.149 e. The zero-order chi connectivity index (χ0) is 11.5. The molecule has 0 bridgehead atoms. The maximum atomic E-state index is 12.0. The van der Waals surface area contributed by atoms with Gasteiger partial charge in [0, 0.05) is 18.6 Å². The lowest BCUT2D eigenvalue weighted by atomic mass is 10.0. The van der Waals surface area contributed by atoms with Crippen LogP contribution in [0.1, 0.15) is 39.0 Å². The molecule has 0 radical (unpaired) electrons. The Balaban J connectivity index is 1.81. The van der Waals surface area contributed by atoms with Crippen LogP contribution in [0, 0.1) is 5.92 Å². The minimum atomic E-state index is 0.279. The van der Waals surface area contributed by atoms with E-state index < -0.39 is 0 Å².